The summed E-state index contributed by atoms with van der Waals surface area (Å²) >= 11 is 0. The fraction of sp³-hybridized carbons (Fsp3) is 0.286. The molecule has 30 heavy (non-hydrogen) atoms. The van der Waals surface area contributed by atoms with E-state index in [1.165, 1.54) is 10.4 Å². The van der Waals surface area contributed by atoms with Gasteiger partial charge in [-0.3, -0.25) is 0 Å². The van der Waals surface area contributed by atoms with E-state index in [0.717, 1.165) is 5.56 Å². The Kier molecular flexibility index (Phi) is 7.12. The number of hydrogen-bond acceptors (Lipinski definition) is 1. The van der Waals surface area contributed by atoms with E-state index < -0.39 is 14.2 Å². The van der Waals surface area contributed by atoms with Gasteiger partial charge in [0, 0.05) is 0 Å². The second-order valence-electron chi connectivity index (χ2n) is 9.08. The zero-order chi connectivity index (χ0) is 21.6. The Bertz CT molecular complexity index is 887. The van der Waals surface area contributed by atoms with Crippen LogP contribution in [0.4, 0.5) is 0 Å². The largest absolute Gasteiger partial charge is 0.388 e. The predicted molar refractivity (Wildman–Crippen MR) is 132 cm³/mol. The van der Waals surface area contributed by atoms with Crippen LogP contribution in [0.2, 0.25) is 10.6 Å². The van der Waals surface area contributed by atoms with Gasteiger partial charge in [0.2, 0.25) is 0 Å². The lowest BCUT2D eigenvalue weighted by atomic mass is 10.0. The molecule has 0 radical (unpaired) electrons. The first-order chi connectivity index (χ1) is 14.4. The third-order valence-electron chi connectivity index (χ3n) is 6.28. The van der Waals surface area contributed by atoms with Crippen molar-refractivity contribution in [2.45, 2.75) is 50.8 Å². The summed E-state index contributed by atoms with van der Waals surface area (Å²) in [4.78, 5) is 0. The molecule has 0 aliphatic heterocycles. The maximum Gasteiger partial charge on any atom is 0.130 e. The highest BCUT2D eigenvalue weighted by Crippen LogP contribution is 2.47. The molecule has 0 spiro atoms. The number of aliphatic hydroxyl groups is 1. The third-order valence-corrected chi connectivity index (χ3v) is 12.7. The summed E-state index contributed by atoms with van der Waals surface area (Å²) in [5.41, 5.74) is 1.24. The monoisotopic (exact) mass is 414 g/mol. The van der Waals surface area contributed by atoms with E-state index in [-0.39, 0.29) is 10.6 Å². The minimum absolute atomic E-state index is 0.0519. The molecule has 1 nitrogen and oxygen atoms in total. The summed E-state index contributed by atoms with van der Waals surface area (Å²) in [5.74, 6) is 0. The molecule has 0 fully saturated rings. The van der Waals surface area contributed by atoms with Gasteiger partial charge in [-0.15, -0.1) is 0 Å². The summed E-state index contributed by atoms with van der Waals surface area (Å²) in [6.07, 6.45) is 4.74. The summed E-state index contributed by atoms with van der Waals surface area (Å²) < 4.78 is 0. The van der Waals surface area contributed by atoms with Gasteiger partial charge in [0.25, 0.3) is 0 Å². The molecule has 3 rings (SSSR count). The van der Waals surface area contributed by atoms with Gasteiger partial charge >= 0.3 is 0 Å². The molecule has 0 aliphatic rings. The molecule has 2 heteroatoms. The second kappa shape index (κ2) is 9.59. The molecule has 0 aliphatic carbocycles. The van der Waals surface area contributed by atoms with Crippen molar-refractivity contribution in [2.75, 3.05) is 0 Å². The maximum absolute atomic E-state index is 11.2. The molecule has 0 unspecified atom stereocenters. The minimum atomic E-state index is -2.34. The van der Waals surface area contributed by atoms with Crippen LogP contribution in [0.25, 0.3) is 0 Å². The molecular formula is C28H34OSi. The number of benzene rings is 3. The van der Waals surface area contributed by atoms with E-state index in [0.29, 0.717) is 6.42 Å². The molecule has 0 aromatic heterocycles. The average Bonchev–Trinajstić information content (AvgIpc) is 2.75. The van der Waals surface area contributed by atoms with Crippen LogP contribution >= 0.6 is 0 Å². The predicted octanol–water partition coefficient (Wildman–Crippen LogP) is 6.12. The Labute approximate surface area is 183 Å². The Morgan fingerprint density at radius 3 is 1.60 bits per heavy atom. The molecule has 2 atom stereocenters. The number of aliphatic hydroxyl groups excluding tert-OH is 1. The molecule has 0 bridgehead atoms. The first kappa shape index (κ1) is 22.3. The van der Waals surface area contributed by atoms with Crippen molar-refractivity contribution >= 4 is 18.4 Å². The topological polar surface area (TPSA) is 20.2 Å². The van der Waals surface area contributed by atoms with Crippen molar-refractivity contribution in [3.63, 3.8) is 0 Å². The number of rotatable bonds is 7. The van der Waals surface area contributed by atoms with Crippen LogP contribution in [-0.4, -0.2) is 13.2 Å². The van der Waals surface area contributed by atoms with Crippen LogP contribution in [0.1, 0.15) is 45.8 Å². The van der Waals surface area contributed by atoms with E-state index in [9.17, 15) is 5.11 Å². The highest BCUT2D eigenvalue weighted by molar-refractivity contribution is 7.05. The molecule has 3 aromatic carbocycles. The molecule has 156 valence electrons. The van der Waals surface area contributed by atoms with E-state index in [4.69, 9.17) is 0 Å². The summed E-state index contributed by atoms with van der Waals surface area (Å²) in [6, 6.07) is 32.1. The van der Waals surface area contributed by atoms with Gasteiger partial charge in [0.05, 0.1) is 6.10 Å². The van der Waals surface area contributed by atoms with Gasteiger partial charge in [-0.25, -0.2) is 0 Å². The summed E-state index contributed by atoms with van der Waals surface area (Å²) in [5, 5.41) is 14.1. The van der Waals surface area contributed by atoms with Crippen molar-refractivity contribution in [3.8, 4) is 0 Å². The fourth-order valence-corrected chi connectivity index (χ4v) is 11.6. The molecule has 0 saturated carbocycles. The third kappa shape index (κ3) is 4.35. The van der Waals surface area contributed by atoms with Crippen LogP contribution in [0.15, 0.2) is 103 Å². The lowest BCUT2D eigenvalue weighted by molar-refractivity contribution is 0.168. The highest BCUT2D eigenvalue weighted by atomic mass is 28.3. The molecular weight excluding hydrogens is 380 g/mol. The zero-order valence-corrected chi connectivity index (χ0v) is 19.6. The van der Waals surface area contributed by atoms with Gasteiger partial charge in [0.15, 0.2) is 0 Å². The molecule has 3 aromatic rings. The van der Waals surface area contributed by atoms with E-state index in [1.807, 2.05) is 30.3 Å². The van der Waals surface area contributed by atoms with Crippen LogP contribution < -0.4 is 10.4 Å². The minimum Gasteiger partial charge on any atom is -0.388 e. The van der Waals surface area contributed by atoms with Gasteiger partial charge < -0.3 is 5.11 Å². The van der Waals surface area contributed by atoms with Crippen LogP contribution in [-0.2, 0) is 0 Å². The maximum atomic E-state index is 11.2. The first-order valence-electron chi connectivity index (χ1n) is 10.9. The van der Waals surface area contributed by atoms with Gasteiger partial charge in [-0.05, 0) is 29.5 Å². The smallest absolute Gasteiger partial charge is 0.130 e. The van der Waals surface area contributed by atoms with Gasteiger partial charge in [0.1, 0.15) is 8.07 Å². The summed E-state index contributed by atoms with van der Waals surface area (Å²) in [7, 11) is -2.34. The van der Waals surface area contributed by atoms with Crippen LogP contribution in [0.5, 0.6) is 0 Å². The molecule has 0 saturated heterocycles. The Balaban J connectivity index is 2.22. The molecule has 1 N–H and O–H groups in total. The Morgan fingerprint density at radius 1 is 0.767 bits per heavy atom. The first-order valence-corrected chi connectivity index (χ1v) is 13.0. The molecule has 0 amide bonds. The summed E-state index contributed by atoms with van der Waals surface area (Å²) in [6.45, 7) is 9.24. The van der Waals surface area contributed by atoms with E-state index >= 15 is 0 Å². The zero-order valence-electron chi connectivity index (χ0n) is 18.6. The van der Waals surface area contributed by atoms with Crippen LogP contribution in [0, 0.1) is 0 Å². The Morgan fingerprint density at radius 2 is 1.20 bits per heavy atom. The van der Waals surface area contributed by atoms with E-state index in [1.54, 1.807) is 0 Å². The van der Waals surface area contributed by atoms with Gasteiger partial charge in [-0.2, -0.15) is 0 Å². The SMILES string of the molecule is C/C=C/[C@@H](C[C@@H](O)c1ccccc1)[Si](c1ccccc1)(c1ccccc1)C(C)(C)C. The molecule has 0 heterocycles. The van der Waals surface area contributed by atoms with Crippen molar-refractivity contribution < 1.29 is 5.11 Å². The van der Waals surface area contributed by atoms with Gasteiger partial charge in [-0.1, -0.05) is 134 Å². The average molecular weight is 415 g/mol. The lowest BCUT2D eigenvalue weighted by Gasteiger charge is -2.49. The van der Waals surface area contributed by atoms with Crippen molar-refractivity contribution in [1.29, 1.82) is 0 Å². The van der Waals surface area contributed by atoms with Crippen molar-refractivity contribution in [3.05, 3.63) is 109 Å². The standard InChI is InChI=1S/C28H34OSi/c1-5-15-26(22-27(29)23-16-9-6-10-17-23)30(28(2,3)4,24-18-11-7-12-19-24)25-20-13-8-14-21-25/h5-21,26-27,29H,22H2,1-4H3/b15-5+/t26-,27+/m0/s1. The number of allylic oxidation sites excluding steroid dienone is 2. The second-order valence-corrected chi connectivity index (χ2v) is 14.1. The van der Waals surface area contributed by atoms with E-state index in [2.05, 4.69) is 101 Å². The normalized spacial score (nSPS) is 14.6. The number of hydrogen-bond donors (Lipinski definition) is 1. The fourth-order valence-electron chi connectivity index (χ4n) is 5.10. The quantitative estimate of drug-likeness (QED) is 0.365. The van der Waals surface area contributed by atoms with Crippen LogP contribution in [0.3, 0.4) is 0 Å². The highest BCUT2D eigenvalue weighted by Gasteiger charge is 2.52. The van der Waals surface area contributed by atoms with Crippen molar-refractivity contribution in [2.24, 2.45) is 0 Å². The lowest BCUT2D eigenvalue weighted by Crippen LogP contribution is -2.67. The Hall–Kier alpha value is -2.42. The van der Waals surface area contributed by atoms with Crippen molar-refractivity contribution in [1.82, 2.24) is 0 Å².